The van der Waals surface area contributed by atoms with Crippen molar-refractivity contribution in [2.24, 2.45) is 11.1 Å². The van der Waals surface area contributed by atoms with Crippen molar-refractivity contribution >= 4 is 11.4 Å². The maximum Gasteiger partial charge on any atom is 0.120 e. The van der Waals surface area contributed by atoms with E-state index in [-0.39, 0.29) is 11.6 Å². The van der Waals surface area contributed by atoms with E-state index in [9.17, 15) is 0 Å². The highest BCUT2D eigenvalue weighted by molar-refractivity contribution is 5.83. The Balaban J connectivity index is 2.03. The highest BCUT2D eigenvalue weighted by Crippen LogP contribution is 2.43. The highest BCUT2D eigenvalue weighted by atomic mass is 15.4. The van der Waals surface area contributed by atoms with Gasteiger partial charge in [-0.05, 0) is 30.7 Å². The van der Waals surface area contributed by atoms with Crippen molar-refractivity contribution in [2.45, 2.75) is 65.7 Å². The number of benzene rings is 1. The predicted molar refractivity (Wildman–Crippen MR) is 107 cm³/mol. The van der Waals surface area contributed by atoms with Crippen LogP contribution in [-0.4, -0.2) is 30.8 Å². The maximum absolute atomic E-state index is 6.61. The molecule has 0 saturated carbocycles. The summed E-state index contributed by atoms with van der Waals surface area (Å²) >= 11 is 0. The zero-order valence-corrected chi connectivity index (χ0v) is 16.5. The molecule has 25 heavy (non-hydrogen) atoms. The van der Waals surface area contributed by atoms with Crippen molar-refractivity contribution in [1.29, 1.82) is 0 Å². The summed E-state index contributed by atoms with van der Waals surface area (Å²) in [4.78, 5) is 4.78. The second kappa shape index (κ2) is 6.91. The molecule has 0 bridgehead atoms. The molecule has 0 radical (unpaired) electrons. The van der Waals surface area contributed by atoms with Gasteiger partial charge in [-0.25, -0.2) is 0 Å². The van der Waals surface area contributed by atoms with Crippen LogP contribution in [0.15, 0.2) is 30.0 Å². The van der Waals surface area contributed by atoms with Crippen LogP contribution >= 0.6 is 0 Å². The number of fused-ring (bicyclic) bond motifs is 2. The molecule has 0 spiro atoms. The molecule has 0 fully saturated rings. The van der Waals surface area contributed by atoms with Crippen molar-refractivity contribution in [3.8, 4) is 0 Å². The zero-order chi connectivity index (χ0) is 18.2. The molecule has 0 amide bonds. The molecule has 4 nitrogen and oxygen atoms in total. The number of nitrogens with two attached hydrogens (primary N) is 1. The summed E-state index contributed by atoms with van der Waals surface area (Å²) in [7, 11) is 2.09. The van der Waals surface area contributed by atoms with Crippen LogP contribution in [0.25, 0.3) is 5.70 Å². The topological polar surface area (TPSA) is 44.5 Å². The number of nitrogens with zero attached hydrogens (tertiary/aromatic N) is 2. The molecule has 1 aromatic carbocycles. The van der Waals surface area contributed by atoms with Gasteiger partial charge in [-0.1, -0.05) is 52.3 Å². The Morgan fingerprint density at radius 3 is 2.60 bits per heavy atom. The molecular weight excluding hydrogens is 308 g/mol. The second-order valence-corrected chi connectivity index (χ2v) is 8.28. The highest BCUT2D eigenvalue weighted by Gasteiger charge is 2.41. The van der Waals surface area contributed by atoms with Gasteiger partial charge < -0.3 is 20.9 Å². The van der Waals surface area contributed by atoms with E-state index in [1.807, 2.05) is 0 Å². The molecule has 0 aliphatic carbocycles. The SMILES string of the molecule is CCCCC1NC2=C(c3ccccc3N(C)C2N)N1CC(C)(C)CC. The first kappa shape index (κ1) is 18.1. The van der Waals surface area contributed by atoms with Crippen LogP contribution < -0.4 is 16.0 Å². The molecule has 0 aromatic heterocycles. The third kappa shape index (κ3) is 3.24. The molecule has 2 aliphatic rings. The zero-order valence-electron chi connectivity index (χ0n) is 16.5. The molecular formula is C21H34N4. The molecule has 3 rings (SSSR count). The third-order valence-electron chi connectivity index (χ3n) is 5.88. The minimum Gasteiger partial charge on any atom is -0.364 e. The monoisotopic (exact) mass is 342 g/mol. The summed E-state index contributed by atoms with van der Waals surface area (Å²) in [6.45, 7) is 10.3. The number of anilines is 1. The lowest BCUT2D eigenvalue weighted by atomic mass is 9.88. The number of unbranched alkanes of at least 4 members (excludes halogenated alkanes) is 1. The van der Waals surface area contributed by atoms with E-state index in [1.54, 1.807) is 0 Å². The van der Waals surface area contributed by atoms with Gasteiger partial charge in [0.05, 0.1) is 17.6 Å². The first-order valence-corrected chi connectivity index (χ1v) is 9.74. The average Bonchev–Trinajstić information content (AvgIpc) is 2.96. The standard InChI is InChI=1S/C21H34N4/c1-6-8-13-17-23-18-19(25(17)14-21(3,4)7-2)15-11-9-10-12-16(15)24(5)20(18)22/h9-12,17,20,23H,6-8,13-14,22H2,1-5H3. The summed E-state index contributed by atoms with van der Waals surface area (Å²) in [6, 6.07) is 8.66. The van der Waals surface area contributed by atoms with Crippen molar-refractivity contribution in [3.05, 3.63) is 35.5 Å². The fourth-order valence-corrected chi connectivity index (χ4v) is 3.87. The number of hydrogen-bond acceptors (Lipinski definition) is 4. The Bertz CT molecular complexity index is 649. The van der Waals surface area contributed by atoms with Crippen molar-refractivity contribution in [1.82, 2.24) is 10.2 Å². The summed E-state index contributed by atoms with van der Waals surface area (Å²) in [6.07, 6.45) is 5.01. The van der Waals surface area contributed by atoms with Crippen LogP contribution in [0.2, 0.25) is 0 Å². The molecule has 0 saturated heterocycles. The fourth-order valence-electron chi connectivity index (χ4n) is 3.87. The summed E-state index contributed by atoms with van der Waals surface area (Å²) in [5, 5.41) is 3.78. The van der Waals surface area contributed by atoms with E-state index in [1.165, 1.54) is 41.9 Å². The lowest BCUT2D eigenvalue weighted by Crippen LogP contribution is -2.47. The van der Waals surface area contributed by atoms with Crippen LogP contribution in [-0.2, 0) is 0 Å². The van der Waals surface area contributed by atoms with Gasteiger partial charge in [-0.3, -0.25) is 0 Å². The molecule has 2 aliphatic heterocycles. The van der Waals surface area contributed by atoms with Crippen molar-refractivity contribution < 1.29 is 0 Å². The largest absolute Gasteiger partial charge is 0.364 e. The Kier molecular flexibility index (Phi) is 5.01. The van der Waals surface area contributed by atoms with Gasteiger partial charge in [0.2, 0.25) is 0 Å². The van der Waals surface area contributed by atoms with Crippen LogP contribution in [0.4, 0.5) is 5.69 Å². The molecule has 138 valence electrons. The van der Waals surface area contributed by atoms with E-state index in [0.29, 0.717) is 6.17 Å². The lowest BCUT2D eigenvalue weighted by molar-refractivity contribution is 0.182. The van der Waals surface area contributed by atoms with Crippen LogP contribution in [0.1, 0.15) is 58.9 Å². The van der Waals surface area contributed by atoms with Gasteiger partial charge in [0.1, 0.15) is 6.17 Å². The van der Waals surface area contributed by atoms with Crippen LogP contribution in [0.5, 0.6) is 0 Å². The average molecular weight is 343 g/mol. The Hall–Kier alpha value is -1.68. The van der Waals surface area contributed by atoms with Gasteiger partial charge >= 0.3 is 0 Å². The van der Waals surface area contributed by atoms with Gasteiger partial charge in [-0.2, -0.15) is 0 Å². The van der Waals surface area contributed by atoms with E-state index in [4.69, 9.17) is 5.73 Å². The lowest BCUT2D eigenvalue weighted by Gasteiger charge is -2.38. The van der Waals surface area contributed by atoms with Crippen LogP contribution in [0.3, 0.4) is 0 Å². The van der Waals surface area contributed by atoms with Gasteiger partial charge in [0, 0.05) is 24.8 Å². The smallest absolute Gasteiger partial charge is 0.120 e. The maximum atomic E-state index is 6.61. The Labute approximate surface area is 153 Å². The summed E-state index contributed by atoms with van der Waals surface area (Å²) in [5.41, 5.74) is 11.9. The van der Waals surface area contributed by atoms with E-state index >= 15 is 0 Å². The second-order valence-electron chi connectivity index (χ2n) is 8.28. The Morgan fingerprint density at radius 2 is 1.92 bits per heavy atom. The van der Waals surface area contributed by atoms with E-state index in [2.05, 4.69) is 74.1 Å². The number of nitrogens with one attached hydrogen (secondary N) is 1. The van der Waals surface area contributed by atoms with Crippen molar-refractivity contribution in [3.63, 3.8) is 0 Å². The molecule has 2 heterocycles. The molecule has 2 atom stereocenters. The molecule has 2 unspecified atom stereocenters. The first-order valence-electron chi connectivity index (χ1n) is 9.74. The quantitative estimate of drug-likeness (QED) is 0.822. The molecule has 3 N–H and O–H groups in total. The minimum atomic E-state index is -0.108. The summed E-state index contributed by atoms with van der Waals surface area (Å²) < 4.78 is 0. The predicted octanol–water partition coefficient (Wildman–Crippen LogP) is 3.95. The number of para-hydroxylation sites is 1. The Morgan fingerprint density at radius 1 is 1.20 bits per heavy atom. The first-order chi connectivity index (χ1) is 11.9. The normalized spacial score (nSPS) is 22.8. The van der Waals surface area contributed by atoms with E-state index in [0.717, 1.165) is 13.0 Å². The summed E-state index contributed by atoms with van der Waals surface area (Å²) in [5.74, 6) is 0. The number of hydrogen-bond donors (Lipinski definition) is 2. The van der Waals surface area contributed by atoms with Crippen LogP contribution in [0, 0.1) is 5.41 Å². The number of rotatable bonds is 6. The van der Waals surface area contributed by atoms with Gasteiger partial charge in [0.15, 0.2) is 0 Å². The third-order valence-corrected chi connectivity index (χ3v) is 5.88. The minimum absolute atomic E-state index is 0.108. The van der Waals surface area contributed by atoms with Gasteiger partial charge in [0.25, 0.3) is 0 Å². The van der Waals surface area contributed by atoms with Crippen molar-refractivity contribution in [2.75, 3.05) is 18.5 Å². The fraction of sp³-hybridized carbons (Fsp3) is 0.619. The number of likely N-dealkylation sites (N-methyl/N-ethyl adjacent to an activating group) is 1. The molecule has 1 aromatic rings. The molecule has 4 heteroatoms. The van der Waals surface area contributed by atoms with Gasteiger partial charge in [-0.15, -0.1) is 0 Å². The van der Waals surface area contributed by atoms with E-state index < -0.39 is 0 Å².